The summed E-state index contributed by atoms with van der Waals surface area (Å²) in [6.45, 7) is 6.52. The summed E-state index contributed by atoms with van der Waals surface area (Å²) in [7, 11) is 0. The molecule has 0 saturated carbocycles. The predicted octanol–water partition coefficient (Wildman–Crippen LogP) is -0.0491. The van der Waals surface area contributed by atoms with Gasteiger partial charge in [-0.05, 0) is 20.3 Å². The third-order valence-electron chi connectivity index (χ3n) is 2.21. The lowest BCUT2D eigenvalue weighted by molar-refractivity contribution is -0.0953. The first-order chi connectivity index (χ1) is 4.96. The molecule has 0 aliphatic rings. The van der Waals surface area contributed by atoms with Gasteiger partial charge in [-0.15, -0.1) is 0 Å². The van der Waals surface area contributed by atoms with Gasteiger partial charge in [0.05, 0.1) is 11.7 Å². The van der Waals surface area contributed by atoms with Crippen LogP contribution in [-0.2, 0) is 0 Å². The molecule has 3 atom stereocenters. The minimum Gasteiger partial charge on any atom is -0.396 e. The molecule has 3 heteroatoms. The van der Waals surface area contributed by atoms with Crippen LogP contribution in [0.15, 0.2) is 0 Å². The maximum Gasteiger partial charge on any atom is 0.0927 e. The van der Waals surface area contributed by atoms with Crippen molar-refractivity contribution in [3.8, 4) is 0 Å². The fourth-order valence-corrected chi connectivity index (χ4v) is 0.999. The molecule has 0 aromatic heterocycles. The number of hydrogen-bond acceptors (Lipinski definition) is 3. The third kappa shape index (κ3) is 2.43. The van der Waals surface area contributed by atoms with Crippen molar-refractivity contribution in [2.24, 2.45) is 5.92 Å². The molecule has 1 radical (unpaired) electrons. The van der Waals surface area contributed by atoms with Crippen LogP contribution in [0, 0.1) is 12.8 Å². The Hall–Kier alpha value is -0.120. The molecule has 0 fully saturated rings. The number of rotatable bonds is 4. The van der Waals surface area contributed by atoms with Crippen molar-refractivity contribution in [1.82, 2.24) is 0 Å². The lowest BCUT2D eigenvalue weighted by Gasteiger charge is -2.33. The van der Waals surface area contributed by atoms with Gasteiger partial charge in [0.1, 0.15) is 0 Å². The third-order valence-corrected chi connectivity index (χ3v) is 2.21. The molecule has 0 spiro atoms. The second kappa shape index (κ2) is 4.04. The summed E-state index contributed by atoms with van der Waals surface area (Å²) in [6, 6.07) is 0. The molecule has 11 heavy (non-hydrogen) atoms. The molecule has 0 saturated heterocycles. The molecule has 0 bridgehead atoms. The smallest absolute Gasteiger partial charge is 0.0927 e. The SMILES string of the molecule is [CH2]C(O)C(C)(O)C(CC)CO. The Morgan fingerprint density at radius 2 is 2.00 bits per heavy atom. The summed E-state index contributed by atoms with van der Waals surface area (Å²) in [5, 5.41) is 27.4. The molecular formula is C8H17O3. The Bertz CT molecular complexity index is 106. The van der Waals surface area contributed by atoms with Gasteiger partial charge in [0.2, 0.25) is 0 Å². The lowest BCUT2D eigenvalue weighted by atomic mass is 9.84. The summed E-state index contributed by atoms with van der Waals surface area (Å²) in [4.78, 5) is 0. The molecule has 0 aliphatic carbocycles. The van der Waals surface area contributed by atoms with Crippen LogP contribution in [0.1, 0.15) is 20.3 Å². The van der Waals surface area contributed by atoms with Gasteiger partial charge >= 0.3 is 0 Å². The molecule has 3 nitrogen and oxygen atoms in total. The second-order valence-corrected chi connectivity index (χ2v) is 3.03. The largest absolute Gasteiger partial charge is 0.396 e. The van der Waals surface area contributed by atoms with Crippen molar-refractivity contribution in [1.29, 1.82) is 0 Å². The minimum absolute atomic E-state index is 0.129. The van der Waals surface area contributed by atoms with Crippen LogP contribution < -0.4 is 0 Å². The van der Waals surface area contributed by atoms with Gasteiger partial charge in [-0.3, -0.25) is 0 Å². The van der Waals surface area contributed by atoms with Gasteiger partial charge in [0.25, 0.3) is 0 Å². The predicted molar refractivity (Wildman–Crippen MR) is 42.9 cm³/mol. The molecule has 67 valence electrons. The average Bonchev–Trinajstić information content (AvgIpc) is 1.89. The fraction of sp³-hybridized carbons (Fsp3) is 0.875. The zero-order valence-electron chi connectivity index (χ0n) is 7.12. The van der Waals surface area contributed by atoms with Gasteiger partial charge in [0.15, 0.2) is 0 Å². The highest BCUT2D eigenvalue weighted by atomic mass is 16.3. The monoisotopic (exact) mass is 161 g/mol. The van der Waals surface area contributed by atoms with Gasteiger partial charge in [-0.25, -0.2) is 0 Å². The maximum absolute atomic E-state index is 9.58. The number of aliphatic hydroxyl groups is 3. The van der Waals surface area contributed by atoms with E-state index in [0.717, 1.165) is 0 Å². The first kappa shape index (κ1) is 10.9. The van der Waals surface area contributed by atoms with E-state index in [1.165, 1.54) is 6.92 Å². The van der Waals surface area contributed by atoms with Crippen molar-refractivity contribution < 1.29 is 15.3 Å². The molecule has 3 unspecified atom stereocenters. The first-order valence-electron chi connectivity index (χ1n) is 3.81. The quantitative estimate of drug-likeness (QED) is 0.542. The van der Waals surface area contributed by atoms with Gasteiger partial charge in [-0.1, -0.05) is 6.92 Å². The summed E-state index contributed by atoms with van der Waals surface area (Å²) < 4.78 is 0. The zero-order chi connectivity index (χ0) is 9.07. The average molecular weight is 161 g/mol. The second-order valence-electron chi connectivity index (χ2n) is 3.03. The summed E-state index contributed by atoms with van der Waals surface area (Å²) in [6.07, 6.45) is -0.435. The van der Waals surface area contributed by atoms with Crippen LogP contribution in [0.4, 0.5) is 0 Å². The van der Waals surface area contributed by atoms with Crippen LogP contribution in [0.25, 0.3) is 0 Å². The van der Waals surface area contributed by atoms with Crippen molar-refractivity contribution in [2.45, 2.75) is 32.0 Å². The van der Waals surface area contributed by atoms with Crippen LogP contribution in [-0.4, -0.2) is 33.6 Å². The van der Waals surface area contributed by atoms with Crippen molar-refractivity contribution in [3.63, 3.8) is 0 Å². The molecule has 0 heterocycles. The van der Waals surface area contributed by atoms with E-state index in [1.54, 1.807) is 0 Å². The van der Waals surface area contributed by atoms with Crippen molar-refractivity contribution in [2.75, 3.05) is 6.61 Å². The Morgan fingerprint density at radius 1 is 1.55 bits per heavy atom. The maximum atomic E-state index is 9.58. The van der Waals surface area contributed by atoms with E-state index >= 15 is 0 Å². The van der Waals surface area contributed by atoms with Crippen LogP contribution >= 0.6 is 0 Å². The highest BCUT2D eigenvalue weighted by molar-refractivity contribution is 4.89. The van der Waals surface area contributed by atoms with E-state index in [-0.39, 0.29) is 12.5 Å². The van der Waals surface area contributed by atoms with Gasteiger partial charge in [0, 0.05) is 12.5 Å². The topological polar surface area (TPSA) is 60.7 Å². The molecular weight excluding hydrogens is 144 g/mol. The molecule has 0 aromatic carbocycles. The van der Waals surface area contributed by atoms with Crippen LogP contribution in [0.5, 0.6) is 0 Å². The Labute approximate surface area is 67.7 Å². The Kier molecular flexibility index (Phi) is 4.00. The molecule has 3 N–H and O–H groups in total. The first-order valence-corrected chi connectivity index (χ1v) is 3.81. The Balaban J connectivity index is 4.24. The number of hydrogen-bond donors (Lipinski definition) is 3. The summed E-state index contributed by atoms with van der Waals surface area (Å²) in [5.41, 5.74) is -1.29. The van der Waals surface area contributed by atoms with Crippen LogP contribution in [0.3, 0.4) is 0 Å². The molecule has 0 amide bonds. The van der Waals surface area contributed by atoms with E-state index in [9.17, 15) is 5.11 Å². The Morgan fingerprint density at radius 3 is 2.09 bits per heavy atom. The summed E-state index contributed by atoms with van der Waals surface area (Å²) >= 11 is 0. The summed E-state index contributed by atoms with van der Waals surface area (Å²) in [5.74, 6) is -0.310. The van der Waals surface area contributed by atoms with Crippen molar-refractivity contribution in [3.05, 3.63) is 6.92 Å². The van der Waals surface area contributed by atoms with E-state index in [2.05, 4.69) is 6.92 Å². The van der Waals surface area contributed by atoms with Crippen LogP contribution in [0.2, 0.25) is 0 Å². The van der Waals surface area contributed by atoms with E-state index < -0.39 is 11.7 Å². The fourth-order valence-electron chi connectivity index (χ4n) is 0.999. The standard InChI is InChI=1S/C8H17O3/c1-4-7(5-9)8(3,11)6(2)10/h6-7,9-11H,2,4-5H2,1,3H3. The van der Waals surface area contributed by atoms with E-state index in [4.69, 9.17) is 10.2 Å². The van der Waals surface area contributed by atoms with Crippen molar-refractivity contribution >= 4 is 0 Å². The van der Waals surface area contributed by atoms with E-state index in [1.807, 2.05) is 6.92 Å². The molecule has 0 rings (SSSR count). The molecule has 0 aliphatic heterocycles. The lowest BCUT2D eigenvalue weighted by Crippen LogP contribution is -2.46. The van der Waals surface area contributed by atoms with Gasteiger partial charge in [-0.2, -0.15) is 0 Å². The molecule has 0 aromatic rings. The van der Waals surface area contributed by atoms with E-state index in [0.29, 0.717) is 6.42 Å². The number of aliphatic hydroxyl groups excluding tert-OH is 2. The normalized spacial score (nSPS) is 22.4. The van der Waals surface area contributed by atoms with Gasteiger partial charge < -0.3 is 15.3 Å². The highest BCUT2D eigenvalue weighted by Gasteiger charge is 2.34. The zero-order valence-corrected chi connectivity index (χ0v) is 7.12. The highest BCUT2D eigenvalue weighted by Crippen LogP contribution is 2.23. The minimum atomic E-state index is -1.29.